The Balaban J connectivity index is 1.07. The molecule has 3 N–H and O–H groups in total. The van der Waals surface area contributed by atoms with Gasteiger partial charge in [-0.3, -0.25) is 9.88 Å². The van der Waals surface area contributed by atoms with Gasteiger partial charge < -0.3 is 20.7 Å². The lowest BCUT2D eigenvalue weighted by Gasteiger charge is -2.43. The van der Waals surface area contributed by atoms with E-state index < -0.39 is 0 Å². The Morgan fingerprint density at radius 2 is 1.81 bits per heavy atom. The normalized spacial score (nSPS) is 25.8. The van der Waals surface area contributed by atoms with Gasteiger partial charge in [-0.05, 0) is 74.8 Å². The standard InChI is InChI=1S/C29H39N7O/c30-24-14-23(16-31-17-24)22-3-8-28-27(15-22)29(33-20-32-28)34-25-4-6-26(7-5-25)36-9-1-2-21(19-36)18-35-10-12-37-13-11-35/h3,8,14-17,20-21,25-26H,1-2,4-7,9-13,18-19,30H2,(H,32,33,34)/t21-,25?,26?/m1/s1. The van der Waals surface area contributed by atoms with E-state index in [1.807, 2.05) is 12.3 Å². The highest BCUT2D eigenvalue weighted by Crippen LogP contribution is 2.32. The molecule has 8 heteroatoms. The fourth-order valence-electron chi connectivity index (χ4n) is 6.47. The number of nitrogens with one attached hydrogen (secondary N) is 1. The number of fused-ring (bicyclic) bond motifs is 1. The number of nitrogens with zero attached hydrogens (tertiary/aromatic N) is 5. The Morgan fingerprint density at radius 3 is 2.65 bits per heavy atom. The van der Waals surface area contributed by atoms with Gasteiger partial charge in [0.25, 0.3) is 0 Å². The summed E-state index contributed by atoms with van der Waals surface area (Å²) < 4.78 is 5.54. The maximum absolute atomic E-state index is 5.97. The van der Waals surface area contributed by atoms with E-state index in [0.717, 1.165) is 66.1 Å². The number of nitrogen functional groups attached to an aromatic ring is 1. The number of piperidine rings is 1. The topological polar surface area (TPSA) is 92.4 Å². The van der Waals surface area contributed by atoms with Gasteiger partial charge in [0.05, 0.1) is 24.4 Å². The van der Waals surface area contributed by atoms with Crippen molar-refractivity contribution in [2.24, 2.45) is 5.92 Å². The summed E-state index contributed by atoms with van der Waals surface area (Å²) in [6.07, 6.45) is 12.8. The highest BCUT2D eigenvalue weighted by atomic mass is 16.5. The van der Waals surface area contributed by atoms with E-state index in [1.165, 1.54) is 58.2 Å². The molecule has 2 aromatic heterocycles. The number of rotatable bonds is 6. The molecule has 0 spiro atoms. The zero-order valence-electron chi connectivity index (χ0n) is 21.7. The van der Waals surface area contributed by atoms with Crippen LogP contribution in [-0.2, 0) is 4.74 Å². The van der Waals surface area contributed by atoms with Gasteiger partial charge in [0, 0.05) is 61.6 Å². The first-order chi connectivity index (χ1) is 18.2. The lowest BCUT2D eigenvalue weighted by atomic mass is 9.87. The van der Waals surface area contributed by atoms with Crippen molar-refractivity contribution in [1.82, 2.24) is 24.8 Å². The summed E-state index contributed by atoms with van der Waals surface area (Å²) in [5.41, 5.74) is 9.66. The van der Waals surface area contributed by atoms with Gasteiger partial charge in [-0.25, -0.2) is 9.97 Å². The summed E-state index contributed by atoms with van der Waals surface area (Å²) in [6.45, 7) is 7.76. The number of benzene rings is 1. The molecule has 3 fully saturated rings. The van der Waals surface area contributed by atoms with Gasteiger partial charge in [0.2, 0.25) is 0 Å². The zero-order valence-corrected chi connectivity index (χ0v) is 21.7. The lowest BCUT2D eigenvalue weighted by molar-refractivity contribution is 0.0172. The van der Waals surface area contributed by atoms with Gasteiger partial charge >= 0.3 is 0 Å². The van der Waals surface area contributed by atoms with Gasteiger partial charge in [-0.15, -0.1) is 0 Å². The summed E-state index contributed by atoms with van der Waals surface area (Å²) in [5, 5.41) is 4.82. The molecular formula is C29H39N7O. The van der Waals surface area contributed by atoms with Crippen LogP contribution in [0, 0.1) is 5.92 Å². The minimum absolute atomic E-state index is 0.445. The lowest BCUT2D eigenvalue weighted by Crippen LogP contribution is -2.48. The molecular weight excluding hydrogens is 462 g/mol. The third kappa shape index (κ3) is 5.87. The van der Waals surface area contributed by atoms with Crippen molar-refractivity contribution >= 4 is 22.4 Å². The van der Waals surface area contributed by atoms with Crippen molar-refractivity contribution in [3.63, 3.8) is 0 Å². The van der Waals surface area contributed by atoms with Gasteiger partial charge in [0.15, 0.2) is 0 Å². The van der Waals surface area contributed by atoms with Crippen molar-refractivity contribution in [2.75, 3.05) is 57.0 Å². The molecule has 196 valence electrons. The van der Waals surface area contributed by atoms with Crippen molar-refractivity contribution in [1.29, 1.82) is 0 Å². The Morgan fingerprint density at radius 1 is 0.946 bits per heavy atom. The van der Waals surface area contributed by atoms with Crippen molar-refractivity contribution in [3.8, 4) is 11.1 Å². The third-order valence-corrected chi connectivity index (χ3v) is 8.45. The maximum atomic E-state index is 5.97. The van der Waals surface area contributed by atoms with Crippen molar-refractivity contribution < 1.29 is 4.74 Å². The number of likely N-dealkylation sites (tertiary alicyclic amines) is 1. The van der Waals surface area contributed by atoms with Crippen LogP contribution >= 0.6 is 0 Å². The number of hydrogen-bond acceptors (Lipinski definition) is 8. The van der Waals surface area contributed by atoms with Gasteiger partial charge in [-0.2, -0.15) is 0 Å². The fourth-order valence-corrected chi connectivity index (χ4v) is 6.47. The van der Waals surface area contributed by atoms with Gasteiger partial charge in [0.1, 0.15) is 12.1 Å². The molecule has 3 aromatic rings. The van der Waals surface area contributed by atoms with Crippen LogP contribution in [0.4, 0.5) is 11.5 Å². The molecule has 1 saturated carbocycles. The Labute approximate surface area is 219 Å². The predicted molar refractivity (Wildman–Crippen MR) is 148 cm³/mol. The molecule has 1 aromatic carbocycles. The molecule has 2 saturated heterocycles. The summed E-state index contributed by atoms with van der Waals surface area (Å²) >= 11 is 0. The van der Waals surface area contributed by atoms with Crippen LogP contribution in [0.3, 0.4) is 0 Å². The Bertz CT molecular complexity index is 1190. The zero-order chi connectivity index (χ0) is 25.0. The summed E-state index contributed by atoms with van der Waals surface area (Å²) in [5.74, 6) is 1.73. The summed E-state index contributed by atoms with van der Waals surface area (Å²) in [6, 6.07) is 9.41. The molecule has 37 heavy (non-hydrogen) atoms. The first-order valence-corrected chi connectivity index (χ1v) is 14.0. The Hall–Kier alpha value is -2.81. The minimum Gasteiger partial charge on any atom is -0.397 e. The van der Waals surface area contributed by atoms with Crippen LogP contribution in [-0.4, -0.2) is 82.8 Å². The molecule has 0 bridgehead atoms. The number of aromatic nitrogens is 3. The predicted octanol–water partition coefficient (Wildman–Crippen LogP) is 4.04. The van der Waals surface area contributed by atoms with Crippen LogP contribution < -0.4 is 11.1 Å². The second-order valence-corrected chi connectivity index (χ2v) is 11.0. The highest BCUT2D eigenvalue weighted by Gasteiger charge is 2.30. The van der Waals surface area contributed by atoms with Crippen molar-refractivity contribution in [3.05, 3.63) is 43.0 Å². The number of morpholine rings is 1. The van der Waals surface area contributed by atoms with E-state index in [-0.39, 0.29) is 0 Å². The van der Waals surface area contributed by atoms with E-state index >= 15 is 0 Å². The average molecular weight is 502 g/mol. The molecule has 6 rings (SSSR count). The number of pyridine rings is 1. The molecule has 0 unspecified atom stereocenters. The molecule has 3 aliphatic rings. The molecule has 1 atom stereocenters. The second-order valence-electron chi connectivity index (χ2n) is 11.0. The molecule has 1 aliphatic carbocycles. The largest absolute Gasteiger partial charge is 0.397 e. The second kappa shape index (κ2) is 11.3. The number of anilines is 2. The number of ether oxygens (including phenoxy) is 1. The van der Waals surface area contributed by atoms with Gasteiger partial charge in [-0.1, -0.05) is 6.07 Å². The first-order valence-electron chi connectivity index (χ1n) is 14.0. The fraction of sp³-hybridized carbons (Fsp3) is 0.552. The van der Waals surface area contributed by atoms with Crippen molar-refractivity contribution in [2.45, 2.75) is 50.6 Å². The molecule has 8 nitrogen and oxygen atoms in total. The molecule has 0 amide bonds. The molecule has 2 aliphatic heterocycles. The molecule has 0 radical (unpaired) electrons. The quantitative estimate of drug-likeness (QED) is 0.523. The number of nitrogens with two attached hydrogens (primary N) is 1. The van der Waals surface area contributed by atoms with Crippen LogP contribution in [0.5, 0.6) is 0 Å². The number of hydrogen-bond donors (Lipinski definition) is 2. The van der Waals surface area contributed by atoms with Crippen LogP contribution in [0.1, 0.15) is 38.5 Å². The molecule has 4 heterocycles. The summed E-state index contributed by atoms with van der Waals surface area (Å²) in [7, 11) is 0. The SMILES string of the molecule is Nc1cncc(-c2ccc3ncnc(NC4CCC(N5CCC[C@H](CN6CCOCC6)C5)CC4)c3c2)c1. The minimum atomic E-state index is 0.445. The van der Waals surface area contributed by atoms with E-state index in [1.54, 1.807) is 12.5 Å². The monoisotopic (exact) mass is 501 g/mol. The van der Waals surface area contributed by atoms with E-state index in [2.05, 4.69) is 48.3 Å². The van der Waals surface area contributed by atoms with E-state index in [9.17, 15) is 0 Å². The first kappa shape index (κ1) is 24.5. The average Bonchev–Trinajstić information content (AvgIpc) is 2.94. The Kier molecular flexibility index (Phi) is 7.48. The van der Waals surface area contributed by atoms with Crippen LogP contribution in [0.2, 0.25) is 0 Å². The van der Waals surface area contributed by atoms with Crippen LogP contribution in [0.15, 0.2) is 43.0 Å². The van der Waals surface area contributed by atoms with Crippen LogP contribution in [0.25, 0.3) is 22.0 Å². The maximum Gasteiger partial charge on any atom is 0.137 e. The highest BCUT2D eigenvalue weighted by molar-refractivity contribution is 5.92. The summed E-state index contributed by atoms with van der Waals surface area (Å²) in [4.78, 5) is 18.8. The van der Waals surface area contributed by atoms with E-state index in [0.29, 0.717) is 11.7 Å². The third-order valence-electron chi connectivity index (χ3n) is 8.45. The smallest absolute Gasteiger partial charge is 0.137 e. The van der Waals surface area contributed by atoms with E-state index in [4.69, 9.17) is 10.5 Å².